The predicted molar refractivity (Wildman–Crippen MR) is 250 cm³/mol. The molecule has 2 aromatic carbocycles. The van der Waals surface area contributed by atoms with Gasteiger partial charge < -0.3 is 34.4 Å². The van der Waals surface area contributed by atoms with Crippen molar-refractivity contribution in [2.24, 2.45) is 29.6 Å². The Hall–Kier alpha value is -5.42. The van der Waals surface area contributed by atoms with Gasteiger partial charge in [0.1, 0.15) is 29.5 Å². The van der Waals surface area contributed by atoms with Crippen LogP contribution in [-0.2, 0) is 29.1 Å². The third kappa shape index (κ3) is 9.17. The first-order valence-electron chi connectivity index (χ1n) is 24.2. The number of carbonyl (C=O) groups is 4. The van der Waals surface area contributed by atoms with Crippen molar-refractivity contribution in [3.05, 3.63) is 60.7 Å². The first kappa shape index (κ1) is 45.4. The van der Waals surface area contributed by atoms with Crippen molar-refractivity contribution in [1.82, 2.24) is 24.8 Å². The number of nitrogens with zero attached hydrogens (tertiary/aromatic N) is 4. The van der Waals surface area contributed by atoms with Gasteiger partial charge in [0.25, 0.3) is 5.91 Å². The number of carbonyl (C=O) groups excluding carboxylic acids is 3. The average molecular weight is 939 g/mol. The van der Waals surface area contributed by atoms with Crippen LogP contribution < -0.4 is 24.4 Å². The molecule has 1 aromatic heterocycles. The smallest absolute Gasteiger partial charge is 0.408 e. The Morgan fingerprint density at radius 3 is 2.42 bits per heavy atom. The van der Waals surface area contributed by atoms with E-state index in [2.05, 4.69) is 34.0 Å². The van der Waals surface area contributed by atoms with Crippen molar-refractivity contribution < 1.29 is 46.9 Å². The van der Waals surface area contributed by atoms with Crippen LogP contribution in [0.25, 0.3) is 22.0 Å². The Balaban J connectivity index is 1.01. The molecule has 6 fully saturated rings. The third-order valence-electron chi connectivity index (χ3n) is 15.5. The van der Waals surface area contributed by atoms with Crippen LogP contribution in [0.4, 0.5) is 10.5 Å². The molecule has 10 rings (SSSR count). The highest BCUT2D eigenvalue weighted by Crippen LogP contribution is 2.54. The second-order valence-electron chi connectivity index (χ2n) is 20.3. The van der Waals surface area contributed by atoms with Gasteiger partial charge >= 0.3 is 6.09 Å². The fraction of sp³-hybridized carbons (Fsp3) is 0.580. The molecular formula is C50H62N6O10S. The van der Waals surface area contributed by atoms with Crippen LogP contribution in [0, 0.1) is 29.6 Å². The van der Waals surface area contributed by atoms with Crippen LogP contribution in [0.3, 0.4) is 0 Å². The quantitative estimate of drug-likeness (QED) is 0.209. The van der Waals surface area contributed by atoms with Gasteiger partial charge in [-0.2, -0.15) is 0 Å². The molecule has 2 saturated heterocycles. The lowest BCUT2D eigenvalue weighted by Crippen LogP contribution is -2.61. The van der Waals surface area contributed by atoms with E-state index in [9.17, 15) is 27.9 Å². The van der Waals surface area contributed by atoms with E-state index in [-0.39, 0.29) is 37.2 Å². The van der Waals surface area contributed by atoms with E-state index in [1.54, 1.807) is 7.11 Å². The molecule has 7 aliphatic rings. The molecule has 10 atom stereocenters. The number of hydrogen-bond acceptors (Lipinski definition) is 11. The maximum Gasteiger partial charge on any atom is 0.408 e. The number of pyridine rings is 1. The fourth-order valence-electron chi connectivity index (χ4n) is 11.5. The molecule has 4 amide bonds. The highest BCUT2D eigenvalue weighted by molar-refractivity contribution is 7.91. The number of carboxylic acid groups (broad SMARTS) is 1. The molecule has 358 valence electrons. The summed E-state index contributed by atoms with van der Waals surface area (Å²) >= 11 is 0. The van der Waals surface area contributed by atoms with Crippen molar-refractivity contribution >= 4 is 50.3 Å². The number of allylic oxidation sites excluding steroid dienone is 1. The summed E-state index contributed by atoms with van der Waals surface area (Å²) in [5.74, 6) is -0.826. The number of rotatable bonds is 10. The summed E-state index contributed by atoms with van der Waals surface area (Å²) < 4.78 is 46.5. The first-order valence-corrected chi connectivity index (χ1v) is 25.7. The number of hydrogen-bond donors (Lipinski definition) is 3. The topological polar surface area (TPSA) is 197 Å². The van der Waals surface area contributed by atoms with Crippen LogP contribution in [0.1, 0.15) is 78.1 Å². The van der Waals surface area contributed by atoms with Crippen LogP contribution >= 0.6 is 0 Å². The molecule has 0 spiro atoms. The molecule has 4 heterocycles. The van der Waals surface area contributed by atoms with Gasteiger partial charge in [-0.1, -0.05) is 38.1 Å². The standard InChI is InChI=1S/C50H62N6O10S/c1-29-6-4-5-7-35-27-50(35,48(59)53-67(62,63)40-13-14-40)52-45(57)43-26-39(28-55(43)47(58)44(30(2)20-29)56(49(60)61)37-22-32-21-33(32)23-37)66-46-41-15-12-38(64-3)24-34(41)25-42(51-46)31-8-10-36(11-9-31)54-16-18-65-19-17-54/h5,7-12,15,24-25,29-30,32-33,35,37,39-40,43-44H,4,6,13-14,16-23,26-28H2,1-3H3,(H,52,57)(H,53,59)(H,60,61)/b7-5-/t29-,30+,32-,33?,35+,37+,39+,43-,44-,50+/m0/s1. The number of methoxy groups -OCH3 is 1. The summed E-state index contributed by atoms with van der Waals surface area (Å²) in [6.07, 6.45) is 7.49. The van der Waals surface area contributed by atoms with E-state index in [1.807, 2.05) is 55.5 Å². The number of amides is 4. The molecule has 3 aromatic rings. The van der Waals surface area contributed by atoms with E-state index < -0.39 is 74.7 Å². The summed E-state index contributed by atoms with van der Waals surface area (Å²) in [5.41, 5.74) is 1.02. The van der Waals surface area contributed by atoms with Crippen molar-refractivity contribution in [3.63, 3.8) is 0 Å². The fourth-order valence-corrected chi connectivity index (χ4v) is 12.8. The van der Waals surface area contributed by atoms with Gasteiger partial charge in [0, 0.05) is 48.1 Å². The Morgan fingerprint density at radius 1 is 0.970 bits per heavy atom. The minimum absolute atomic E-state index is 0.00606. The lowest BCUT2D eigenvalue weighted by atomic mass is 9.86. The van der Waals surface area contributed by atoms with E-state index in [4.69, 9.17) is 19.2 Å². The minimum atomic E-state index is -3.94. The number of sulfonamides is 1. The van der Waals surface area contributed by atoms with Crippen molar-refractivity contribution in [3.8, 4) is 22.9 Å². The van der Waals surface area contributed by atoms with E-state index in [0.717, 1.165) is 42.6 Å². The lowest BCUT2D eigenvalue weighted by molar-refractivity contribution is -0.145. The number of ether oxygens (including phenoxy) is 3. The molecule has 67 heavy (non-hydrogen) atoms. The normalized spacial score (nSPS) is 32.4. The molecular weight excluding hydrogens is 877 g/mol. The van der Waals surface area contributed by atoms with Crippen LogP contribution in [0.2, 0.25) is 0 Å². The number of anilines is 1. The van der Waals surface area contributed by atoms with Gasteiger partial charge in [0.2, 0.25) is 27.7 Å². The zero-order valence-corrected chi connectivity index (χ0v) is 39.3. The maximum atomic E-state index is 15.5. The summed E-state index contributed by atoms with van der Waals surface area (Å²) in [6.45, 7) is 6.91. The summed E-state index contributed by atoms with van der Waals surface area (Å²) in [6, 6.07) is 13.1. The summed E-state index contributed by atoms with van der Waals surface area (Å²) in [5, 5.41) is 14.8. The van der Waals surface area contributed by atoms with Gasteiger partial charge in [0.05, 0.1) is 37.8 Å². The number of aromatic nitrogens is 1. The van der Waals surface area contributed by atoms with Gasteiger partial charge in [-0.05, 0) is 123 Å². The second-order valence-corrected chi connectivity index (χ2v) is 22.3. The second kappa shape index (κ2) is 17.9. The van der Waals surface area contributed by atoms with E-state index >= 15 is 4.79 Å². The molecule has 4 saturated carbocycles. The van der Waals surface area contributed by atoms with E-state index in [1.165, 1.54) is 9.80 Å². The Kier molecular flexibility index (Phi) is 12.1. The molecule has 0 radical (unpaired) electrons. The largest absolute Gasteiger partial charge is 0.497 e. The number of benzene rings is 2. The van der Waals surface area contributed by atoms with Gasteiger partial charge in [-0.3, -0.25) is 24.0 Å². The van der Waals surface area contributed by atoms with Crippen LogP contribution in [0.5, 0.6) is 11.6 Å². The van der Waals surface area contributed by atoms with Crippen LogP contribution in [-0.4, -0.2) is 127 Å². The zero-order valence-electron chi connectivity index (χ0n) is 38.5. The third-order valence-corrected chi connectivity index (χ3v) is 17.3. The Morgan fingerprint density at radius 2 is 1.72 bits per heavy atom. The predicted octanol–water partition coefficient (Wildman–Crippen LogP) is 5.74. The number of nitrogens with one attached hydrogen (secondary N) is 2. The average Bonchev–Trinajstić information content (AvgIpc) is 4.28. The maximum absolute atomic E-state index is 15.5. The van der Waals surface area contributed by atoms with Gasteiger partial charge in [-0.25, -0.2) is 18.2 Å². The van der Waals surface area contributed by atoms with Crippen molar-refractivity contribution in [1.29, 1.82) is 0 Å². The SMILES string of the molecule is COc1ccc2c(O[C@@H]3C[C@H]4C(=O)N[C@]5(C(=O)NS(=O)(=O)C6CC6)C[C@H]5/C=C\CC[C@H](C)C[C@@H](C)[C@H](N(C(=O)O)[C@H]5CC6C[C@H]6C5)C(=O)N4C3)nc(-c3ccc(N4CCOCC4)cc3)cc2c1. The minimum Gasteiger partial charge on any atom is -0.497 e. The number of fused-ring (bicyclic) bond motifs is 4. The molecule has 3 aliphatic heterocycles. The molecule has 4 aliphatic carbocycles. The molecule has 16 nitrogen and oxygen atoms in total. The van der Waals surface area contributed by atoms with Crippen LogP contribution in [0.15, 0.2) is 60.7 Å². The number of morpholine rings is 1. The van der Waals surface area contributed by atoms with Crippen molar-refractivity contribution in [2.45, 2.75) is 113 Å². The molecule has 17 heteroatoms. The molecule has 1 unspecified atom stereocenters. The zero-order chi connectivity index (χ0) is 46.8. The monoisotopic (exact) mass is 938 g/mol. The Labute approximate surface area is 391 Å². The molecule has 0 bridgehead atoms. The van der Waals surface area contributed by atoms with E-state index in [0.29, 0.717) is 80.4 Å². The van der Waals surface area contributed by atoms with Gasteiger partial charge in [0.15, 0.2) is 0 Å². The summed E-state index contributed by atoms with van der Waals surface area (Å²) in [7, 11) is -2.34. The first-order chi connectivity index (χ1) is 32.2. The highest BCUT2D eigenvalue weighted by atomic mass is 32.2. The Bertz CT molecular complexity index is 2550. The summed E-state index contributed by atoms with van der Waals surface area (Å²) in [4.78, 5) is 68.2. The lowest BCUT2D eigenvalue weighted by Gasteiger charge is -2.40. The van der Waals surface area contributed by atoms with Gasteiger partial charge in [-0.15, -0.1) is 0 Å². The van der Waals surface area contributed by atoms with Crippen molar-refractivity contribution in [2.75, 3.05) is 44.9 Å². The molecule has 3 N–H and O–H groups in total. The highest BCUT2D eigenvalue weighted by Gasteiger charge is 2.62.